The zero-order valence-electron chi connectivity index (χ0n) is 11.2. The van der Waals surface area contributed by atoms with Crippen LogP contribution in [-0.4, -0.2) is 18.9 Å². The molecular formula is C16H16O3. The second-order valence-corrected chi connectivity index (χ2v) is 3.91. The van der Waals surface area contributed by atoms with Crippen molar-refractivity contribution in [2.45, 2.75) is 33.0 Å². The highest BCUT2D eigenvalue weighted by Crippen LogP contribution is 2.23. The molecule has 0 saturated carbocycles. The van der Waals surface area contributed by atoms with E-state index in [1.165, 1.54) is 6.92 Å². The van der Waals surface area contributed by atoms with Gasteiger partial charge in [-0.25, -0.2) is 0 Å². The molecule has 3 nitrogen and oxygen atoms in total. The molecule has 0 aromatic heterocycles. The molecule has 3 heteroatoms. The molecular weight excluding hydrogens is 240 g/mol. The summed E-state index contributed by atoms with van der Waals surface area (Å²) in [6, 6.07) is 0. The Hall–Kier alpha value is -2.15. The maximum atomic E-state index is 10.9. The Kier molecular flexibility index (Phi) is 6.96. The maximum Gasteiger partial charge on any atom is 0.304 e. The van der Waals surface area contributed by atoms with E-state index in [2.05, 4.69) is 35.5 Å². The van der Waals surface area contributed by atoms with Crippen molar-refractivity contribution in [3.8, 4) is 35.5 Å². The largest absolute Gasteiger partial charge is 0.435 e. The molecule has 1 heterocycles. The zero-order valence-corrected chi connectivity index (χ0v) is 11.2. The first-order valence-electron chi connectivity index (χ1n) is 6.12. The van der Waals surface area contributed by atoms with E-state index in [1.54, 1.807) is 13.0 Å². The first kappa shape index (κ1) is 14.9. The molecule has 0 radical (unpaired) electrons. The van der Waals surface area contributed by atoms with E-state index in [-0.39, 0.29) is 11.9 Å². The van der Waals surface area contributed by atoms with Gasteiger partial charge in [-0.3, -0.25) is 4.79 Å². The maximum absolute atomic E-state index is 10.9. The molecule has 0 N–H and O–H groups in total. The van der Waals surface area contributed by atoms with E-state index in [0.717, 1.165) is 12.8 Å². The Morgan fingerprint density at radius 3 is 2.84 bits per heavy atom. The average molecular weight is 256 g/mol. The van der Waals surface area contributed by atoms with E-state index in [1.807, 2.05) is 6.08 Å². The Labute approximate surface area is 114 Å². The minimum atomic E-state index is -0.499. The highest BCUT2D eigenvalue weighted by molar-refractivity contribution is 5.66. The van der Waals surface area contributed by atoms with Gasteiger partial charge in [-0.2, -0.15) is 0 Å². The van der Waals surface area contributed by atoms with Crippen molar-refractivity contribution in [2.75, 3.05) is 6.61 Å². The summed E-state index contributed by atoms with van der Waals surface area (Å²) >= 11 is 0. The number of allylic oxidation sites excluding steroid dienone is 1. The summed E-state index contributed by atoms with van der Waals surface area (Å²) in [5, 5.41) is 0. The lowest BCUT2D eigenvalue weighted by molar-refractivity contribution is -0.194. The molecule has 0 spiro atoms. The minimum absolute atomic E-state index is 0.0512. The highest BCUT2D eigenvalue weighted by atomic mass is 16.7. The molecule has 0 unspecified atom stereocenters. The van der Waals surface area contributed by atoms with Crippen LogP contribution in [0.2, 0.25) is 0 Å². The molecule has 1 saturated heterocycles. The Bertz CT molecular complexity index is 511. The van der Waals surface area contributed by atoms with Crippen molar-refractivity contribution < 1.29 is 14.3 Å². The fraction of sp³-hybridized carbons (Fsp3) is 0.438. The van der Waals surface area contributed by atoms with Gasteiger partial charge in [0, 0.05) is 12.8 Å². The van der Waals surface area contributed by atoms with Crippen molar-refractivity contribution in [2.24, 2.45) is 5.92 Å². The highest BCUT2D eigenvalue weighted by Gasteiger charge is 2.26. The third-order valence-electron chi connectivity index (χ3n) is 2.41. The van der Waals surface area contributed by atoms with Gasteiger partial charge in [-0.15, -0.1) is 0 Å². The van der Waals surface area contributed by atoms with Gasteiger partial charge in [-0.05, 0) is 49.5 Å². The van der Waals surface area contributed by atoms with Crippen LogP contribution in [0, 0.1) is 41.4 Å². The van der Waals surface area contributed by atoms with Crippen molar-refractivity contribution in [3.63, 3.8) is 0 Å². The zero-order chi connectivity index (χ0) is 13.9. The van der Waals surface area contributed by atoms with Crippen LogP contribution < -0.4 is 0 Å². The first-order chi connectivity index (χ1) is 9.24. The van der Waals surface area contributed by atoms with Crippen molar-refractivity contribution in [1.82, 2.24) is 0 Å². The predicted octanol–water partition coefficient (Wildman–Crippen LogP) is 1.89. The molecule has 98 valence electrons. The summed E-state index contributed by atoms with van der Waals surface area (Å²) in [5.41, 5.74) is 0. The third kappa shape index (κ3) is 6.37. The number of esters is 1. The molecule has 1 aliphatic rings. The Morgan fingerprint density at radius 1 is 1.32 bits per heavy atom. The number of carbonyl (C=O) groups is 1. The van der Waals surface area contributed by atoms with E-state index in [4.69, 9.17) is 9.47 Å². The summed E-state index contributed by atoms with van der Waals surface area (Å²) < 4.78 is 10.5. The molecule has 1 rings (SSSR count). The van der Waals surface area contributed by atoms with Gasteiger partial charge in [0.25, 0.3) is 0 Å². The first-order valence-corrected chi connectivity index (χ1v) is 6.12. The van der Waals surface area contributed by atoms with Gasteiger partial charge < -0.3 is 9.47 Å². The average Bonchev–Trinajstić information content (AvgIpc) is 2.39. The molecule has 0 bridgehead atoms. The summed E-state index contributed by atoms with van der Waals surface area (Å²) in [6.45, 7) is 3.72. The van der Waals surface area contributed by atoms with Gasteiger partial charge in [0.15, 0.2) is 0 Å². The lowest BCUT2D eigenvalue weighted by Gasteiger charge is -2.28. The minimum Gasteiger partial charge on any atom is -0.435 e. The van der Waals surface area contributed by atoms with E-state index < -0.39 is 6.29 Å². The van der Waals surface area contributed by atoms with E-state index in [0.29, 0.717) is 6.61 Å². The number of hydrogen-bond donors (Lipinski definition) is 0. The number of rotatable bonds is 2. The smallest absolute Gasteiger partial charge is 0.304 e. The van der Waals surface area contributed by atoms with E-state index in [9.17, 15) is 4.79 Å². The fourth-order valence-electron chi connectivity index (χ4n) is 1.62. The Balaban J connectivity index is 2.54. The summed E-state index contributed by atoms with van der Waals surface area (Å²) in [6.07, 6.45) is 4.98. The van der Waals surface area contributed by atoms with Crippen LogP contribution in [0.4, 0.5) is 0 Å². The predicted molar refractivity (Wildman–Crippen MR) is 72.4 cm³/mol. The summed E-state index contributed by atoms with van der Waals surface area (Å²) in [5.74, 6) is 15.7. The lowest BCUT2D eigenvalue weighted by atomic mass is 10.00. The van der Waals surface area contributed by atoms with Gasteiger partial charge >= 0.3 is 5.97 Å². The molecule has 0 amide bonds. The quantitative estimate of drug-likeness (QED) is 0.559. The van der Waals surface area contributed by atoms with Crippen LogP contribution in [0.15, 0.2) is 12.2 Å². The summed E-state index contributed by atoms with van der Waals surface area (Å²) in [7, 11) is 0. The number of ether oxygens (including phenoxy) is 2. The van der Waals surface area contributed by atoms with Gasteiger partial charge in [0.2, 0.25) is 6.29 Å². The molecule has 19 heavy (non-hydrogen) atoms. The SMILES string of the molecule is CC#CC#CC#C/C=C/[C@H]1CCCO[C@H]1OC(C)=O. The van der Waals surface area contributed by atoms with Gasteiger partial charge in [0.1, 0.15) is 0 Å². The van der Waals surface area contributed by atoms with Crippen molar-refractivity contribution >= 4 is 5.97 Å². The van der Waals surface area contributed by atoms with Gasteiger partial charge in [-0.1, -0.05) is 17.9 Å². The number of hydrogen-bond acceptors (Lipinski definition) is 3. The molecule has 0 aromatic rings. The second-order valence-electron chi connectivity index (χ2n) is 3.91. The van der Waals surface area contributed by atoms with Crippen LogP contribution >= 0.6 is 0 Å². The number of carbonyl (C=O) groups excluding carboxylic acids is 1. The monoisotopic (exact) mass is 256 g/mol. The van der Waals surface area contributed by atoms with Crippen LogP contribution in [0.1, 0.15) is 26.7 Å². The molecule has 0 aliphatic carbocycles. The molecule has 1 fully saturated rings. The van der Waals surface area contributed by atoms with Crippen LogP contribution in [-0.2, 0) is 14.3 Å². The molecule has 0 aromatic carbocycles. The van der Waals surface area contributed by atoms with Crippen LogP contribution in [0.5, 0.6) is 0 Å². The third-order valence-corrected chi connectivity index (χ3v) is 2.41. The lowest BCUT2D eigenvalue weighted by Crippen LogP contribution is -2.32. The molecule has 2 atom stereocenters. The summed E-state index contributed by atoms with van der Waals surface area (Å²) in [4.78, 5) is 10.9. The van der Waals surface area contributed by atoms with Crippen LogP contribution in [0.25, 0.3) is 0 Å². The normalized spacial score (nSPS) is 21.2. The van der Waals surface area contributed by atoms with Crippen molar-refractivity contribution in [3.05, 3.63) is 12.2 Å². The standard InChI is InChI=1S/C16H16O3/c1-3-4-5-6-7-8-9-11-15-12-10-13-18-16(15)19-14(2)17/h9,11,15-16H,10,12-13H2,1-2H3/b11-9+/t15-,16-/m0/s1. The van der Waals surface area contributed by atoms with E-state index >= 15 is 0 Å². The van der Waals surface area contributed by atoms with Gasteiger partial charge in [0.05, 0.1) is 6.61 Å². The Morgan fingerprint density at radius 2 is 2.11 bits per heavy atom. The van der Waals surface area contributed by atoms with Crippen LogP contribution in [0.3, 0.4) is 0 Å². The second kappa shape index (κ2) is 8.87. The topological polar surface area (TPSA) is 35.5 Å². The fourth-order valence-corrected chi connectivity index (χ4v) is 1.62. The van der Waals surface area contributed by atoms with Crippen molar-refractivity contribution in [1.29, 1.82) is 0 Å². The molecule has 1 aliphatic heterocycles.